The molecule has 16 heavy (non-hydrogen) atoms. The summed E-state index contributed by atoms with van der Waals surface area (Å²) >= 11 is 46.0. The van der Waals surface area contributed by atoms with Gasteiger partial charge >= 0.3 is 0 Å². The van der Waals surface area contributed by atoms with Crippen molar-refractivity contribution >= 4 is 92.8 Å². The van der Waals surface area contributed by atoms with Crippen LogP contribution in [0.2, 0.25) is 10.0 Å². The van der Waals surface area contributed by atoms with Crippen molar-refractivity contribution in [3.8, 4) is 0 Å². The lowest BCUT2D eigenvalue weighted by atomic mass is 10.1. The van der Waals surface area contributed by atoms with E-state index in [0.717, 1.165) is 0 Å². The second-order valence-electron chi connectivity index (χ2n) is 2.81. The molecule has 0 fully saturated rings. The lowest BCUT2D eigenvalue weighted by Crippen LogP contribution is -2.06. The molecule has 0 N–H and O–H groups in total. The predicted molar refractivity (Wildman–Crippen MR) is 74.9 cm³/mol. The monoisotopic (exact) mass is 378 g/mol. The Morgan fingerprint density at radius 2 is 0.875 bits per heavy atom. The fraction of sp³-hybridized carbons (Fsp3) is 0.250. The molecule has 0 radical (unpaired) electrons. The maximum atomic E-state index is 5.90. The maximum Gasteiger partial charge on any atom is 0.217 e. The fourth-order valence-electron chi connectivity index (χ4n) is 0.981. The van der Waals surface area contributed by atoms with Crippen molar-refractivity contribution in [3.05, 3.63) is 33.3 Å². The lowest BCUT2D eigenvalue weighted by Gasteiger charge is -2.18. The van der Waals surface area contributed by atoms with Crippen LogP contribution in [0.5, 0.6) is 0 Å². The summed E-state index contributed by atoms with van der Waals surface area (Å²) < 4.78 is -3.38. The van der Waals surface area contributed by atoms with Crippen LogP contribution in [0.25, 0.3) is 0 Å². The lowest BCUT2D eigenvalue weighted by molar-refractivity contribution is 1.19. The van der Waals surface area contributed by atoms with E-state index in [0.29, 0.717) is 0 Å². The molecule has 1 rings (SSSR count). The Hall–Kier alpha value is 1.54. The zero-order valence-corrected chi connectivity index (χ0v) is 13.2. The summed E-state index contributed by atoms with van der Waals surface area (Å²) in [6.07, 6.45) is 0. The Morgan fingerprint density at radius 3 is 1.06 bits per heavy atom. The Morgan fingerprint density at radius 1 is 0.625 bits per heavy atom. The Bertz CT molecular complexity index is 360. The SMILES string of the molecule is Clc1cc(C(Cl)(Cl)Cl)c(Cl)cc1C(Cl)(Cl)Cl. The van der Waals surface area contributed by atoms with Gasteiger partial charge in [-0.25, -0.2) is 0 Å². The third-order valence-corrected chi connectivity index (χ3v) is 3.51. The third-order valence-electron chi connectivity index (χ3n) is 1.67. The van der Waals surface area contributed by atoms with Gasteiger partial charge in [0.2, 0.25) is 7.59 Å². The van der Waals surface area contributed by atoms with Crippen LogP contribution >= 0.6 is 92.8 Å². The quantitative estimate of drug-likeness (QED) is 0.441. The number of rotatable bonds is 0. The highest BCUT2D eigenvalue weighted by Crippen LogP contribution is 2.48. The van der Waals surface area contributed by atoms with E-state index >= 15 is 0 Å². The number of benzene rings is 1. The summed E-state index contributed by atoms with van der Waals surface area (Å²) in [7, 11) is 0. The molecule has 0 bridgehead atoms. The van der Waals surface area contributed by atoms with Gasteiger partial charge in [-0.1, -0.05) is 92.8 Å². The van der Waals surface area contributed by atoms with Crippen LogP contribution in [0.3, 0.4) is 0 Å². The van der Waals surface area contributed by atoms with Crippen LogP contribution in [0.1, 0.15) is 11.1 Å². The Labute approximate surface area is 133 Å². The normalized spacial score (nSPS) is 13.0. The molecule has 0 saturated heterocycles. The largest absolute Gasteiger partial charge is 0.217 e. The van der Waals surface area contributed by atoms with Crippen LogP contribution in [0.4, 0.5) is 0 Å². The molecule has 0 amide bonds. The highest BCUT2D eigenvalue weighted by molar-refractivity contribution is 6.68. The van der Waals surface area contributed by atoms with E-state index in [1.54, 1.807) is 0 Å². The molecule has 1 aromatic carbocycles. The first kappa shape index (κ1) is 15.6. The van der Waals surface area contributed by atoms with Gasteiger partial charge in [-0.2, -0.15) is 0 Å². The van der Waals surface area contributed by atoms with Crippen LogP contribution in [0, 0.1) is 0 Å². The minimum Gasteiger partial charge on any atom is -0.0839 e. The van der Waals surface area contributed by atoms with Crippen molar-refractivity contribution in [1.29, 1.82) is 0 Å². The van der Waals surface area contributed by atoms with Crippen molar-refractivity contribution in [2.24, 2.45) is 0 Å². The van der Waals surface area contributed by atoms with Gasteiger partial charge in [0.1, 0.15) is 0 Å². The van der Waals surface area contributed by atoms with Crippen LogP contribution in [0.15, 0.2) is 12.1 Å². The van der Waals surface area contributed by atoms with Crippen molar-refractivity contribution in [1.82, 2.24) is 0 Å². The highest BCUT2D eigenvalue weighted by Gasteiger charge is 2.31. The summed E-state index contributed by atoms with van der Waals surface area (Å²) in [6.45, 7) is 0. The molecule has 0 aliphatic heterocycles. The topological polar surface area (TPSA) is 0 Å². The van der Waals surface area contributed by atoms with Gasteiger partial charge in [0.15, 0.2) is 0 Å². The Balaban J connectivity index is 3.40. The Kier molecular flexibility index (Phi) is 5.13. The maximum absolute atomic E-state index is 5.90. The second-order valence-corrected chi connectivity index (χ2v) is 8.18. The summed E-state index contributed by atoms with van der Waals surface area (Å²) in [5.74, 6) is 0. The minimum absolute atomic E-state index is 0.158. The van der Waals surface area contributed by atoms with Gasteiger partial charge in [-0.15, -0.1) is 0 Å². The zero-order chi connectivity index (χ0) is 12.7. The molecule has 0 nitrogen and oxygen atoms in total. The third kappa shape index (κ3) is 3.76. The molecule has 0 aliphatic rings. The van der Waals surface area contributed by atoms with Crippen molar-refractivity contribution in [2.45, 2.75) is 7.59 Å². The first-order chi connectivity index (χ1) is 7.03. The number of hydrogen-bond acceptors (Lipinski definition) is 0. The van der Waals surface area contributed by atoms with Crippen molar-refractivity contribution in [3.63, 3.8) is 0 Å². The van der Waals surface area contributed by atoms with Crippen LogP contribution < -0.4 is 0 Å². The average molecular weight is 382 g/mol. The molecule has 0 aromatic heterocycles. The van der Waals surface area contributed by atoms with Gasteiger partial charge in [0, 0.05) is 21.2 Å². The van der Waals surface area contributed by atoms with E-state index in [1.165, 1.54) is 12.1 Å². The number of halogens is 8. The summed E-state index contributed by atoms with van der Waals surface area (Å²) in [4.78, 5) is 0. The molecule has 0 aliphatic carbocycles. The van der Waals surface area contributed by atoms with Gasteiger partial charge in [-0.05, 0) is 12.1 Å². The first-order valence-electron chi connectivity index (χ1n) is 3.67. The van der Waals surface area contributed by atoms with Gasteiger partial charge in [0.05, 0.1) is 0 Å². The fourth-order valence-corrected chi connectivity index (χ4v) is 2.82. The molecule has 0 spiro atoms. The summed E-state index contributed by atoms with van der Waals surface area (Å²) in [6, 6.07) is 2.71. The van der Waals surface area contributed by atoms with Crippen molar-refractivity contribution in [2.75, 3.05) is 0 Å². The number of hydrogen-bond donors (Lipinski definition) is 0. The van der Waals surface area contributed by atoms with Gasteiger partial charge in [-0.3, -0.25) is 0 Å². The summed E-state index contributed by atoms with van der Waals surface area (Å²) in [5, 5.41) is 0.316. The minimum atomic E-state index is -1.69. The molecule has 0 saturated carbocycles. The van der Waals surface area contributed by atoms with E-state index in [9.17, 15) is 0 Å². The van der Waals surface area contributed by atoms with E-state index in [2.05, 4.69) is 0 Å². The van der Waals surface area contributed by atoms with Crippen LogP contribution in [-0.2, 0) is 7.59 Å². The average Bonchev–Trinajstić information content (AvgIpc) is 2.04. The molecule has 0 atom stereocenters. The van der Waals surface area contributed by atoms with E-state index in [1.807, 2.05) is 0 Å². The molecule has 90 valence electrons. The number of alkyl halides is 6. The molecular weight excluding hydrogens is 380 g/mol. The second kappa shape index (κ2) is 5.27. The highest BCUT2D eigenvalue weighted by atomic mass is 35.6. The van der Waals surface area contributed by atoms with Crippen LogP contribution in [-0.4, -0.2) is 0 Å². The van der Waals surface area contributed by atoms with E-state index in [4.69, 9.17) is 92.8 Å². The zero-order valence-electron chi connectivity index (χ0n) is 7.18. The smallest absolute Gasteiger partial charge is 0.0839 e. The molecule has 1 aromatic rings. The molecule has 8 heteroatoms. The van der Waals surface area contributed by atoms with E-state index < -0.39 is 7.59 Å². The predicted octanol–water partition coefficient (Wildman–Crippen LogP) is 6.65. The van der Waals surface area contributed by atoms with Gasteiger partial charge in [0.25, 0.3) is 0 Å². The van der Waals surface area contributed by atoms with E-state index in [-0.39, 0.29) is 21.2 Å². The standard InChI is InChI=1S/C8H2Cl8/c9-5-1-3(7(11,12)13)6(10)2-4(5)8(14,15)16/h1-2H. The molecule has 0 heterocycles. The first-order valence-corrected chi connectivity index (χ1v) is 6.69. The summed E-state index contributed by atoms with van der Waals surface area (Å²) in [5.41, 5.74) is 0.448. The van der Waals surface area contributed by atoms with Gasteiger partial charge < -0.3 is 0 Å². The molecule has 0 unspecified atom stereocenters. The molecular formula is C8H2Cl8. The van der Waals surface area contributed by atoms with Crippen molar-refractivity contribution < 1.29 is 0 Å².